The van der Waals surface area contributed by atoms with Crippen LogP contribution in [0, 0.1) is 5.41 Å². The SMILES string of the molecule is CCCC(=O)C(NC)C(C)(C)C. The minimum absolute atomic E-state index is 0.00236. The van der Waals surface area contributed by atoms with Gasteiger partial charge in [0, 0.05) is 6.42 Å². The fraction of sp³-hybridized carbons (Fsp3) is 0.900. The van der Waals surface area contributed by atoms with Crippen molar-refractivity contribution >= 4 is 5.78 Å². The first-order valence-corrected chi connectivity index (χ1v) is 4.63. The second-order valence-corrected chi connectivity index (χ2v) is 4.30. The third-order valence-corrected chi connectivity index (χ3v) is 1.97. The van der Waals surface area contributed by atoms with Gasteiger partial charge in [0.1, 0.15) is 5.78 Å². The molecular weight excluding hydrogens is 150 g/mol. The molecule has 1 atom stereocenters. The lowest BCUT2D eigenvalue weighted by Gasteiger charge is -2.28. The van der Waals surface area contributed by atoms with E-state index < -0.39 is 0 Å². The summed E-state index contributed by atoms with van der Waals surface area (Å²) >= 11 is 0. The summed E-state index contributed by atoms with van der Waals surface area (Å²) in [5.41, 5.74) is 0.0288. The maximum Gasteiger partial charge on any atom is 0.150 e. The molecule has 1 unspecified atom stereocenters. The number of nitrogens with one attached hydrogen (secondary N) is 1. The van der Waals surface area contributed by atoms with Crippen LogP contribution in [0.2, 0.25) is 0 Å². The van der Waals surface area contributed by atoms with Crippen LogP contribution >= 0.6 is 0 Å². The van der Waals surface area contributed by atoms with Crippen molar-refractivity contribution in [1.82, 2.24) is 5.32 Å². The van der Waals surface area contributed by atoms with Gasteiger partial charge in [0.25, 0.3) is 0 Å². The maximum atomic E-state index is 11.6. The van der Waals surface area contributed by atoms with Gasteiger partial charge in [0.2, 0.25) is 0 Å². The zero-order chi connectivity index (χ0) is 9.78. The number of carbonyl (C=O) groups is 1. The summed E-state index contributed by atoms with van der Waals surface area (Å²) in [4.78, 5) is 11.6. The zero-order valence-corrected chi connectivity index (χ0v) is 8.90. The van der Waals surface area contributed by atoms with E-state index in [1.54, 1.807) is 0 Å². The van der Waals surface area contributed by atoms with Gasteiger partial charge in [0.05, 0.1) is 6.04 Å². The highest BCUT2D eigenvalue weighted by molar-refractivity contribution is 5.84. The van der Waals surface area contributed by atoms with Crippen molar-refractivity contribution in [3.63, 3.8) is 0 Å². The number of carbonyl (C=O) groups excluding carboxylic acids is 1. The molecule has 1 N–H and O–H groups in total. The summed E-state index contributed by atoms with van der Waals surface area (Å²) in [5, 5.41) is 3.08. The summed E-state index contributed by atoms with van der Waals surface area (Å²) in [6.45, 7) is 8.29. The van der Waals surface area contributed by atoms with E-state index in [0.29, 0.717) is 12.2 Å². The van der Waals surface area contributed by atoms with E-state index in [4.69, 9.17) is 0 Å². The van der Waals surface area contributed by atoms with Crippen LogP contribution in [0.5, 0.6) is 0 Å². The van der Waals surface area contributed by atoms with Gasteiger partial charge in [-0.2, -0.15) is 0 Å². The Bertz CT molecular complexity index is 146. The van der Waals surface area contributed by atoms with E-state index in [1.807, 2.05) is 14.0 Å². The first-order valence-electron chi connectivity index (χ1n) is 4.63. The highest BCUT2D eigenvalue weighted by Gasteiger charge is 2.28. The largest absolute Gasteiger partial charge is 0.310 e. The van der Waals surface area contributed by atoms with Crippen molar-refractivity contribution in [2.24, 2.45) is 5.41 Å². The molecule has 0 saturated heterocycles. The highest BCUT2D eigenvalue weighted by Crippen LogP contribution is 2.20. The second-order valence-electron chi connectivity index (χ2n) is 4.30. The molecule has 0 aromatic rings. The Morgan fingerprint density at radius 3 is 2.17 bits per heavy atom. The number of hydrogen-bond donors (Lipinski definition) is 1. The molecule has 0 amide bonds. The number of ketones is 1. The number of likely N-dealkylation sites (N-methyl/N-ethyl adjacent to an activating group) is 1. The Kier molecular flexibility index (Phi) is 4.46. The highest BCUT2D eigenvalue weighted by atomic mass is 16.1. The van der Waals surface area contributed by atoms with Crippen molar-refractivity contribution in [2.45, 2.75) is 46.6 Å². The second kappa shape index (κ2) is 4.61. The molecule has 0 aliphatic heterocycles. The van der Waals surface area contributed by atoms with Crippen LogP contribution in [-0.2, 0) is 4.79 Å². The quantitative estimate of drug-likeness (QED) is 0.701. The van der Waals surface area contributed by atoms with Gasteiger partial charge in [-0.1, -0.05) is 27.7 Å². The van der Waals surface area contributed by atoms with Gasteiger partial charge in [-0.05, 0) is 18.9 Å². The molecule has 0 aliphatic carbocycles. The molecule has 0 rings (SSSR count). The fourth-order valence-electron chi connectivity index (χ4n) is 1.47. The summed E-state index contributed by atoms with van der Waals surface area (Å²) in [7, 11) is 1.85. The molecule has 0 bridgehead atoms. The Morgan fingerprint density at radius 1 is 1.42 bits per heavy atom. The fourth-order valence-corrected chi connectivity index (χ4v) is 1.47. The van der Waals surface area contributed by atoms with Crippen LogP contribution in [0.3, 0.4) is 0 Å². The van der Waals surface area contributed by atoms with Gasteiger partial charge >= 0.3 is 0 Å². The van der Waals surface area contributed by atoms with Crippen LogP contribution in [0.4, 0.5) is 0 Å². The minimum Gasteiger partial charge on any atom is -0.310 e. The number of rotatable bonds is 4. The molecule has 12 heavy (non-hydrogen) atoms. The van der Waals surface area contributed by atoms with Gasteiger partial charge < -0.3 is 5.32 Å². The topological polar surface area (TPSA) is 29.1 Å². The minimum atomic E-state index is -0.00236. The van der Waals surface area contributed by atoms with Crippen LogP contribution in [0.15, 0.2) is 0 Å². The Labute approximate surface area is 75.7 Å². The predicted molar refractivity (Wildman–Crippen MR) is 52.2 cm³/mol. The van der Waals surface area contributed by atoms with Gasteiger partial charge in [-0.3, -0.25) is 4.79 Å². The molecule has 2 nitrogen and oxygen atoms in total. The molecule has 72 valence electrons. The lowest BCUT2D eigenvalue weighted by atomic mass is 9.83. The molecule has 0 aliphatic rings. The standard InChI is InChI=1S/C10H21NO/c1-6-7-8(12)9(11-5)10(2,3)4/h9,11H,6-7H2,1-5H3. The first-order chi connectivity index (χ1) is 5.43. The maximum absolute atomic E-state index is 11.6. The van der Waals surface area contributed by atoms with Crippen LogP contribution in [-0.4, -0.2) is 18.9 Å². The molecule has 0 radical (unpaired) electrons. The smallest absolute Gasteiger partial charge is 0.150 e. The third kappa shape index (κ3) is 3.35. The summed E-state index contributed by atoms with van der Waals surface area (Å²) in [6, 6.07) is -0.00236. The molecule has 0 saturated carbocycles. The van der Waals surface area contributed by atoms with Crippen molar-refractivity contribution in [3.05, 3.63) is 0 Å². The summed E-state index contributed by atoms with van der Waals surface area (Å²) < 4.78 is 0. The molecule has 2 heteroatoms. The average Bonchev–Trinajstić information content (AvgIpc) is 1.85. The first kappa shape index (κ1) is 11.6. The van der Waals surface area contributed by atoms with Crippen molar-refractivity contribution < 1.29 is 4.79 Å². The summed E-state index contributed by atoms with van der Waals surface area (Å²) in [5.74, 6) is 0.326. The zero-order valence-electron chi connectivity index (χ0n) is 8.90. The van der Waals surface area contributed by atoms with Gasteiger partial charge in [-0.25, -0.2) is 0 Å². The average molecular weight is 171 g/mol. The Morgan fingerprint density at radius 2 is 1.92 bits per heavy atom. The van der Waals surface area contributed by atoms with Gasteiger partial charge in [0.15, 0.2) is 0 Å². The lowest BCUT2D eigenvalue weighted by molar-refractivity contribution is -0.123. The Hall–Kier alpha value is -0.370. The van der Waals surface area contributed by atoms with Crippen LogP contribution in [0.1, 0.15) is 40.5 Å². The molecule has 0 aromatic carbocycles. The van der Waals surface area contributed by atoms with Crippen molar-refractivity contribution in [2.75, 3.05) is 7.05 Å². The Balaban J connectivity index is 4.25. The molecule has 0 fully saturated rings. The van der Waals surface area contributed by atoms with E-state index >= 15 is 0 Å². The molecule has 0 heterocycles. The van der Waals surface area contributed by atoms with E-state index in [2.05, 4.69) is 26.1 Å². The number of Topliss-reactive ketones (excluding diaryl/α,β-unsaturated/α-hetero) is 1. The van der Waals surface area contributed by atoms with E-state index in [9.17, 15) is 4.79 Å². The van der Waals surface area contributed by atoms with Crippen LogP contribution < -0.4 is 5.32 Å². The van der Waals surface area contributed by atoms with E-state index in [0.717, 1.165) is 6.42 Å². The molecule has 0 aromatic heterocycles. The third-order valence-electron chi connectivity index (χ3n) is 1.97. The van der Waals surface area contributed by atoms with Crippen molar-refractivity contribution in [3.8, 4) is 0 Å². The van der Waals surface area contributed by atoms with E-state index in [-0.39, 0.29) is 11.5 Å². The normalized spacial score (nSPS) is 14.4. The lowest BCUT2D eigenvalue weighted by Crippen LogP contribution is -2.44. The molecular formula is C10H21NO. The number of hydrogen-bond acceptors (Lipinski definition) is 2. The van der Waals surface area contributed by atoms with Crippen LogP contribution in [0.25, 0.3) is 0 Å². The van der Waals surface area contributed by atoms with Gasteiger partial charge in [-0.15, -0.1) is 0 Å². The molecule has 0 spiro atoms. The predicted octanol–water partition coefficient (Wildman–Crippen LogP) is 1.99. The monoisotopic (exact) mass is 171 g/mol. The summed E-state index contributed by atoms with van der Waals surface area (Å²) in [6.07, 6.45) is 1.62. The van der Waals surface area contributed by atoms with Crippen molar-refractivity contribution in [1.29, 1.82) is 0 Å². The van der Waals surface area contributed by atoms with E-state index in [1.165, 1.54) is 0 Å².